The summed E-state index contributed by atoms with van der Waals surface area (Å²) in [5.41, 5.74) is 1.44. The molecule has 2 aliphatic heterocycles. The van der Waals surface area contributed by atoms with Gasteiger partial charge in [-0.15, -0.1) is 0 Å². The molecule has 1 atom stereocenters. The molecule has 0 aliphatic carbocycles. The van der Waals surface area contributed by atoms with Gasteiger partial charge in [0.05, 0.1) is 36.2 Å². The summed E-state index contributed by atoms with van der Waals surface area (Å²) >= 11 is 0. The third-order valence-corrected chi connectivity index (χ3v) is 4.75. The minimum absolute atomic E-state index is 0.00556. The van der Waals surface area contributed by atoms with Crippen LogP contribution in [0, 0.1) is 21.6 Å². The Morgan fingerprint density at radius 1 is 0.935 bits per heavy atom. The molecule has 31 heavy (non-hydrogen) atoms. The summed E-state index contributed by atoms with van der Waals surface area (Å²) in [7, 11) is 0. The van der Waals surface area contributed by atoms with Crippen LogP contribution in [0.2, 0.25) is 0 Å². The fourth-order valence-electron chi connectivity index (χ4n) is 3.06. The molecule has 0 saturated carbocycles. The summed E-state index contributed by atoms with van der Waals surface area (Å²) in [6, 6.07) is 3.48. The van der Waals surface area contributed by atoms with E-state index in [1.54, 1.807) is 28.2 Å². The molecule has 2 aliphatic rings. The van der Waals surface area contributed by atoms with E-state index in [4.69, 9.17) is 30.5 Å². The van der Waals surface area contributed by atoms with Crippen molar-refractivity contribution in [3.05, 3.63) is 48.3 Å². The molecule has 2 aromatic heterocycles. The predicted octanol–water partition coefficient (Wildman–Crippen LogP) is 2.39. The Bertz CT molecular complexity index is 860. The van der Waals surface area contributed by atoms with Crippen molar-refractivity contribution in [3.63, 3.8) is 0 Å². The molecule has 0 spiro atoms. The van der Waals surface area contributed by atoms with E-state index < -0.39 is 0 Å². The van der Waals surface area contributed by atoms with E-state index in [0.29, 0.717) is 48.5 Å². The Morgan fingerprint density at radius 3 is 2.00 bits per heavy atom. The summed E-state index contributed by atoms with van der Waals surface area (Å²) in [6.45, 7) is 9.39. The Labute approximate surface area is 182 Å². The maximum Gasteiger partial charge on any atom is 0.136 e. The maximum absolute atomic E-state index is 7.96. The second kappa shape index (κ2) is 11.8. The molecule has 2 fully saturated rings. The summed E-state index contributed by atoms with van der Waals surface area (Å²) in [5.74, 6) is 1.54. The van der Waals surface area contributed by atoms with Crippen molar-refractivity contribution < 1.29 is 8.83 Å². The summed E-state index contributed by atoms with van der Waals surface area (Å²) < 4.78 is 9.84. The van der Waals surface area contributed by atoms with E-state index in [0.717, 1.165) is 18.7 Å². The van der Waals surface area contributed by atoms with Crippen LogP contribution in [0.1, 0.15) is 31.9 Å². The molecule has 0 amide bonds. The van der Waals surface area contributed by atoms with E-state index in [2.05, 4.69) is 10.6 Å². The highest BCUT2D eigenvalue weighted by Crippen LogP contribution is 2.10. The van der Waals surface area contributed by atoms with E-state index >= 15 is 0 Å². The van der Waals surface area contributed by atoms with Crippen LogP contribution >= 0.6 is 0 Å². The number of hydrogen-bond donors (Lipinski definition) is 6. The molecule has 168 valence electrons. The molecular weight excluding hydrogens is 396 g/mol. The van der Waals surface area contributed by atoms with Crippen molar-refractivity contribution in [2.45, 2.75) is 26.8 Å². The lowest BCUT2D eigenvalue weighted by atomic mass is 10.2. The van der Waals surface area contributed by atoms with Crippen LogP contribution in [0.4, 0.5) is 0 Å². The molecule has 1 unspecified atom stereocenters. The maximum atomic E-state index is 7.96. The first-order chi connectivity index (χ1) is 15.0. The summed E-state index contributed by atoms with van der Waals surface area (Å²) in [5, 5.41) is 37.6. The van der Waals surface area contributed by atoms with Gasteiger partial charge >= 0.3 is 0 Å². The van der Waals surface area contributed by atoms with Gasteiger partial charge in [-0.25, -0.2) is 0 Å². The van der Waals surface area contributed by atoms with Crippen molar-refractivity contribution in [1.82, 2.24) is 20.4 Å². The largest absolute Gasteiger partial charge is 0.472 e. The van der Waals surface area contributed by atoms with E-state index in [9.17, 15) is 0 Å². The molecule has 0 aromatic carbocycles. The van der Waals surface area contributed by atoms with Crippen LogP contribution in [-0.4, -0.2) is 71.9 Å². The Balaban J connectivity index is 0.000000204. The van der Waals surface area contributed by atoms with Crippen LogP contribution in [0.25, 0.3) is 0 Å². The minimum atomic E-state index is 0.00556. The van der Waals surface area contributed by atoms with Crippen molar-refractivity contribution in [1.29, 1.82) is 21.6 Å². The molecular formula is C21H32N8O2. The number of furan rings is 2. The number of nitrogens with one attached hydrogen (secondary N) is 6. The fourth-order valence-corrected chi connectivity index (χ4v) is 3.06. The molecule has 2 aromatic rings. The Hall–Kier alpha value is -3.24. The smallest absolute Gasteiger partial charge is 0.136 e. The first-order valence-electron chi connectivity index (χ1n) is 10.4. The highest BCUT2D eigenvalue weighted by molar-refractivity contribution is 6.08. The summed E-state index contributed by atoms with van der Waals surface area (Å²) in [4.78, 5) is 3.38. The molecule has 4 heterocycles. The molecule has 6 N–H and O–H groups in total. The van der Waals surface area contributed by atoms with Crippen molar-refractivity contribution in [3.8, 4) is 0 Å². The number of hydrogen-bond acceptors (Lipinski definition) is 8. The monoisotopic (exact) mass is 428 g/mol. The van der Waals surface area contributed by atoms with Crippen LogP contribution < -0.4 is 10.6 Å². The van der Waals surface area contributed by atoms with Gasteiger partial charge in [0.25, 0.3) is 0 Å². The molecule has 10 heteroatoms. The van der Waals surface area contributed by atoms with Gasteiger partial charge in [-0.1, -0.05) is 13.8 Å². The van der Waals surface area contributed by atoms with Gasteiger partial charge in [0.15, 0.2) is 0 Å². The van der Waals surface area contributed by atoms with Crippen molar-refractivity contribution in [2.75, 3.05) is 32.7 Å². The van der Waals surface area contributed by atoms with Crippen LogP contribution in [0.5, 0.6) is 0 Å². The molecule has 2 saturated heterocycles. The second-order valence-electron chi connectivity index (χ2n) is 6.71. The van der Waals surface area contributed by atoms with Gasteiger partial charge in [0.1, 0.15) is 35.9 Å². The lowest BCUT2D eigenvalue weighted by Crippen LogP contribution is -2.55. The van der Waals surface area contributed by atoms with Gasteiger partial charge < -0.3 is 29.3 Å². The van der Waals surface area contributed by atoms with Gasteiger partial charge in [-0.2, -0.15) is 0 Å². The zero-order chi connectivity index (χ0) is 22.8. The molecule has 0 bridgehead atoms. The third kappa shape index (κ3) is 6.12. The zero-order valence-electron chi connectivity index (χ0n) is 18.3. The summed E-state index contributed by atoms with van der Waals surface area (Å²) in [6.07, 6.45) is 6.13. The Morgan fingerprint density at radius 2 is 1.48 bits per heavy atom. The average Bonchev–Trinajstić information content (AvgIpc) is 3.52. The topological polar surface area (TPSA) is 152 Å². The van der Waals surface area contributed by atoms with E-state index in [1.807, 2.05) is 20.8 Å². The van der Waals surface area contributed by atoms with Crippen molar-refractivity contribution in [2.24, 2.45) is 0 Å². The van der Waals surface area contributed by atoms with Gasteiger partial charge in [-0.3, -0.25) is 21.6 Å². The normalized spacial score (nSPS) is 18.5. The third-order valence-electron chi connectivity index (χ3n) is 4.75. The quantitative estimate of drug-likeness (QED) is 0.319. The lowest BCUT2D eigenvalue weighted by Gasteiger charge is -2.33. The lowest BCUT2D eigenvalue weighted by molar-refractivity contribution is 0.463. The van der Waals surface area contributed by atoms with Crippen molar-refractivity contribution >= 4 is 23.3 Å². The second-order valence-corrected chi connectivity index (χ2v) is 6.71. The standard InChI is InChI=1S/C10H14N4O.C9H12N4O.C2H6/c1-7-9(11)14(4-3-13-7)10(12)8-2-5-15-6-8;10-8-5-12-2-3-13(8)9(11)7-1-4-14-6-7;1-2/h2,5-7,11-13H,3-4H2,1H3;1,4,6,10-12H,2-3,5H2;1-2H3. The Kier molecular flexibility index (Phi) is 9.16. The fraction of sp³-hybridized carbons (Fsp3) is 0.429. The predicted molar refractivity (Wildman–Crippen MR) is 122 cm³/mol. The average molecular weight is 429 g/mol. The van der Waals surface area contributed by atoms with Gasteiger partial charge in [-0.05, 0) is 19.1 Å². The van der Waals surface area contributed by atoms with Crippen LogP contribution in [0.15, 0.2) is 46.0 Å². The van der Waals surface area contributed by atoms with Crippen LogP contribution in [0.3, 0.4) is 0 Å². The number of nitrogens with zero attached hydrogens (tertiary/aromatic N) is 2. The molecule has 0 radical (unpaired) electrons. The highest BCUT2D eigenvalue weighted by atomic mass is 16.3. The van der Waals surface area contributed by atoms with Gasteiger partial charge in [0, 0.05) is 26.2 Å². The molecule has 4 rings (SSSR count). The van der Waals surface area contributed by atoms with E-state index in [-0.39, 0.29) is 6.04 Å². The first kappa shape index (κ1) is 24.0. The number of rotatable bonds is 2. The minimum Gasteiger partial charge on any atom is -0.472 e. The first-order valence-corrected chi connectivity index (χ1v) is 10.4. The zero-order valence-corrected chi connectivity index (χ0v) is 18.3. The number of piperazine rings is 2. The SMILES string of the molecule is CC.CC1NCCN(C(=N)c2ccoc2)C1=N.N=C1CNCCN1C(=N)c1ccoc1. The van der Waals surface area contributed by atoms with E-state index in [1.165, 1.54) is 18.8 Å². The number of amidine groups is 4. The molecule has 10 nitrogen and oxygen atoms in total. The highest BCUT2D eigenvalue weighted by Gasteiger charge is 2.25. The van der Waals surface area contributed by atoms with Crippen LogP contribution in [-0.2, 0) is 0 Å². The van der Waals surface area contributed by atoms with Gasteiger partial charge in [0.2, 0.25) is 0 Å².